The molecule has 5 rings (SSSR count). The van der Waals surface area contributed by atoms with Crippen LogP contribution in [-0.4, -0.2) is 32.9 Å². The lowest BCUT2D eigenvalue weighted by Gasteiger charge is -2.11. The lowest BCUT2D eigenvalue weighted by Crippen LogP contribution is -2.02. The number of aromatic nitrogens is 3. The van der Waals surface area contributed by atoms with Gasteiger partial charge in [-0.25, -0.2) is 9.50 Å². The Labute approximate surface area is 196 Å². The third kappa shape index (κ3) is 4.29. The predicted molar refractivity (Wildman–Crippen MR) is 135 cm³/mol. The number of imidazole rings is 1. The van der Waals surface area contributed by atoms with Crippen LogP contribution in [0.15, 0.2) is 54.7 Å². The van der Waals surface area contributed by atoms with E-state index in [0.717, 1.165) is 39.0 Å². The van der Waals surface area contributed by atoms with E-state index in [2.05, 4.69) is 42.3 Å². The summed E-state index contributed by atoms with van der Waals surface area (Å²) in [5.41, 5.74) is 6.35. The Kier molecular flexibility index (Phi) is 5.74. The van der Waals surface area contributed by atoms with Crippen LogP contribution in [0.4, 0.5) is 11.5 Å². The molecular formula is C26H26N4O2S. The number of anilines is 2. The maximum absolute atomic E-state index is 8.93. The molecule has 6 nitrogen and oxygen atoms in total. The smallest absolute Gasteiger partial charge is 0.154 e. The van der Waals surface area contributed by atoms with Gasteiger partial charge in [0.25, 0.3) is 0 Å². The Morgan fingerprint density at radius 3 is 2.67 bits per heavy atom. The Morgan fingerprint density at radius 2 is 1.85 bits per heavy atom. The fourth-order valence-electron chi connectivity index (χ4n) is 3.82. The minimum atomic E-state index is 0.129. The summed E-state index contributed by atoms with van der Waals surface area (Å²) < 4.78 is 8.89. The number of hydrogen-bond donors (Lipinski definition) is 2. The summed E-state index contributed by atoms with van der Waals surface area (Å²) in [5.74, 6) is 1.56. The quantitative estimate of drug-likeness (QED) is 0.291. The van der Waals surface area contributed by atoms with E-state index in [9.17, 15) is 0 Å². The van der Waals surface area contributed by atoms with E-state index in [0.29, 0.717) is 13.0 Å². The van der Waals surface area contributed by atoms with Crippen molar-refractivity contribution in [2.45, 2.75) is 27.2 Å². The van der Waals surface area contributed by atoms with Crippen molar-refractivity contribution in [3.05, 3.63) is 71.4 Å². The largest absolute Gasteiger partial charge is 0.493 e. The summed E-state index contributed by atoms with van der Waals surface area (Å²) in [7, 11) is 0. The average molecular weight is 459 g/mol. The van der Waals surface area contributed by atoms with Gasteiger partial charge in [0, 0.05) is 23.4 Å². The van der Waals surface area contributed by atoms with Crippen molar-refractivity contribution < 1.29 is 9.84 Å². The minimum absolute atomic E-state index is 0.129. The van der Waals surface area contributed by atoms with E-state index in [1.54, 1.807) is 11.3 Å². The zero-order valence-electron chi connectivity index (χ0n) is 18.9. The monoisotopic (exact) mass is 458 g/mol. The highest BCUT2D eigenvalue weighted by atomic mass is 32.1. The number of fused-ring (bicyclic) bond motifs is 2. The fraction of sp³-hybridized carbons (Fsp3) is 0.231. The molecule has 0 saturated heterocycles. The van der Waals surface area contributed by atoms with Crippen LogP contribution in [0.25, 0.3) is 26.3 Å². The van der Waals surface area contributed by atoms with Crippen molar-refractivity contribution in [3.63, 3.8) is 0 Å². The minimum Gasteiger partial charge on any atom is -0.493 e. The molecule has 0 amide bonds. The zero-order chi connectivity index (χ0) is 22.9. The van der Waals surface area contributed by atoms with E-state index in [-0.39, 0.29) is 6.61 Å². The van der Waals surface area contributed by atoms with Crippen molar-refractivity contribution in [2.75, 3.05) is 18.5 Å². The molecule has 0 atom stereocenters. The first kappa shape index (κ1) is 21.4. The van der Waals surface area contributed by atoms with Gasteiger partial charge < -0.3 is 15.2 Å². The first-order chi connectivity index (χ1) is 16.0. The summed E-state index contributed by atoms with van der Waals surface area (Å²) in [5, 5.41) is 18.4. The molecule has 0 radical (unpaired) electrons. The van der Waals surface area contributed by atoms with Crippen molar-refractivity contribution in [3.8, 4) is 16.3 Å². The lowest BCUT2D eigenvalue weighted by atomic mass is 10.1. The topological polar surface area (TPSA) is 71.7 Å². The highest BCUT2D eigenvalue weighted by molar-refractivity contribution is 7.22. The van der Waals surface area contributed by atoms with E-state index >= 15 is 0 Å². The Balaban J connectivity index is 1.43. The standard InChI is InChI=1S/C26H26N4O2S/c1-16-11-19-14-24(33-23(19)13-17(16)2)21-15-27-26-8-7-25(29-30(21)26)28-20-5-6-22(18(3)12-20)32-10-4-9-31/h5-8,11-15,31H,4,9-10H2,1-3H3,(H,28,29). The Bertz CT molecular complexity index is 1420. The second-order valence-corrected chi connectivity index (χ2v) is 9.33. The van der Waals surface area contributed by atoms with E-state index in [1.165, 1.54) is 21.2 Å². The van der Waals surface area contributed by atoms with Gasteiger partial charge >= 0.3 is 0 Å². The molecule has 0 aliphatic carbocycles. The maximum atomic E-state index is 8.93. The van der Waals surface area contributed by atoms with Gasteiger partial charge in [-0.1, -0.05) is 6.07 Å². The van der Waals surface area contributed by atoms with E-state index < -0.39 is 0 Å². The molecule has 5 aromatic rings. The average Bonchev–Trinajstić information content (AvgIpc) is 3.39. The second kappa shape index (κ2) is 8.84. The van der Waals surface area contributed by atoms with Gasteiger partial charge in [-0.3, -0.25) is 0 Å². The number of nitrogens with zero attached hydrogens (tertiary/aromatic N) is 3. The first-order valence-electron chi connectivity index (χ1n) is 11.0. The molecule has 3 aromatic heterocycles. The number of rotatable bonds is 7. The van der Waals surface area contributed by atoms with Crippen LogP contribution >= 0.6 is 11.3 Å². The number of thiophene rings is 1. The van der Waals surface area contributed by atoms with E-state index in [4.69, 9.17) is 14.9 Å². The molecular weight excluding hydrogens is 432 g/mol. The SMILES string of the molecule is Cc1cc2cc(-c3cnc4ccc(Nc5ccc(OCCCO)c(C)c5)nn34)sc2cc1C. The summed E-state index contributed by atoms with van der Waals surface area (Å²) in [6.07, 6.45) is 2.51. The molecule has 0 spiro atoms. The predicted octanol–water partition coefficient (Wildman–Crippen LogP) is 6.04. The Hall–Kier alpha value is -3.42. The summed E-state index contributed by atoms with van der Waals surface area (Å²) >= 11 is 1.76. The van der Waals surface area contributed by atoms with Crippen LogP contribution in [0.2, 0.25) is 0 Å². The highest BCUT2D eigenvalue weighted by Crippen LogP contribution is 2.35. The van der Waals surface area contributed by atoms with Gasteiger partial charge in [0.2, 0.25) is 0 Å². The summed E-state index contributed by atoms with van der Waals surface area (Å²) in [6.45, 7) is 6.94. The number of ether oxygens (including phenoxy) is 1. The van der Waals surface area contributed by atoms with Crippen molar-refractivity contribution in [1.82, 2.24) is 14.6 Å². The third-order valence-corrected chi connectivity index (χ3v) is 6.88. The maximum Gasteiger partial charge on any atom is 0.154 e. The summed E-state index contributed by atoms with van der Waals surface area (Å²) in [4.78, 5) is 5.70. The molecule has 0 bridgehead atoms. The van der Waals surface area contributed by atoms with Crippen LogP contribution in [0.1, 0.15) is 23.1 Å². The normalized spacial score (nSPS) is 11.4. The molecule has 0 aliphatic rings. The highest BCUT2D eigenvalue weighted by Gasteiger charge is 2.12. The number of benzene rings is 2. The first-order valence-corrected chi connectivity index (χ1v) is 11.8. The molecule has 7 heteroatoms. The van der Waals surface area contributed by atoms with Crippen LogP contribution in [0, 0.1) is 20.8 Å². The molecule has 0 fully saturated rings. The molecule has 0 unspecified atom stereocenters. The van der Waals surface area contributed by atoms with Gasteiger partial charge in [0.15, 0.2) is 11.5 Å². The molecule has 2 aromatic carbocycles. The van der Waals surface area contributed by atoms with Crippen LogP contribution in [0.5, 0.6) is 5.75 Å². The number of aryl methyl sites for hydroxylation is 3. The van der Waals surface area contributed by atoms with Gasteiger partial charge in [0.05, 0.1) is 17.7 Å². The zero-order valence-corrected chi connectivity index (χ0v) is 19.7. The van der Waals surface area contributed by atoms with Crippen LogP contribution < -0.4 is 10.1 Å². The number of nitrogens with one attached hydrogen (secondary N) is 1. The summed E-state index contributed by atoms with van der Waals surface area (Å²) in [6, 6.07) is 16.6. The number of aliphatic hydroxyl groups excluding tert-OH is 1. The van der Waals surface area contributed by atoms with Crippen LogP contribution in [0.3, 0.4) is 0 Å². The third-order valence-electron chi connectivity index (χ3n) is 5.75. The van der Waals surface area contributed by atoms with Crippen LogP contribution in [-0.2, 0) is 0 Å². The van der Waals surface area contributed by atoms with E-state index in [1.807, 2.05) is 48.0 Å². The van der Waals surface area contributed by atoms with Gasteiger partial charge in [-0.05, 0) is 85.3 Å². The molecule has 2 N–H and O–H groups in total. The van der Waals surface area contributed by atoms with Gasteiger partial charge in [0.1, 0.15) is 11.4 Å². The molecule has 168 valence electrons. The Morgan fingerprint density at radius 1 is 1.00 bits per heavy atom. The van der Waals surface area contributed by atoms with Crippen molar-refractivity contribution in [2.24, 2.45) is 0 Å². The fourth-order valence-corrected chi connectivity index (χ4v) is 4.96. The second-order valence-electron chi connectivity index (χ2n) is 8.25. The lowest BCUT2D eigenvalue weighted by molar-refractivity contribution is 0.233. The van der Waals surface area contributed by atoms with Crippen molar-refractivity contribution >= 4 is 38.6 Å². The number of hydrogen-bond acceptors (Lipinski definition) is 6. The molecule has 0 aliphatic heterocycles. The van der Waals surface area contributed by atoms with Crippen molar-refractivity contribution in [1.29, 1.82) is 0 Å². The molecule has 0 saturated carbocycles. The number of aliphatic hydroxyl groups is 1. The molecule has 3 heterocycles. The van der Waals surface area contributed by atoms with Gasteiger partial charge in [-0.2, -0.15) is 0 Å². The molecule has 33 heavy (non-hydrogen) atoms. The van der Waals surface area contributed by atoms with Gasteiger partial charge in [-0.15, -0.1) is 16.4 Å².